The molecule has 0 spiro atoms. The van der Waals surface area contributed by atoms with Gasteiger partial charge in [-0.05, 0) is 61.2 Å². The number of para-hydroxylation sites is 1. The molecule has 1 aliphatic heterocycles. The lowest BCUT2D eigenvalue weighted by Gasteiger charge is -2.27. The van der Waals surface area contributed by atoms with Crippen molar-refractivity contribution < 1.29 is 8.42 Å². The first-order valence-corrected chi connectivity index (χ1v) is 11.5. The van der Waals surface area contributed by atoms with Crippen LogP contribution >= 0.6 is 11.6 Å². The first-order valence-electron chi connectivity index (χ1n) is 9.64. The molecule has 0 amide bonds. The van der Waals surface area contributed by atoms with Crippen LogP contribution in [0, 0.1) is 6.92 Å². The highest BCUT2D eigenvalue weighted by Crippen LogP contribution is 2.37. The number of rotatable bonds is 5. The Morgan fingerprint density at radius 1 is 0.931 bits per heavy atom. The maximum Gasteiger partial charge on any atom is 0.240 e. The number of benzene rings is 3. The maximum absolute atomic E-state index is 12.6. The zero-order valence-corrected chi connectivity index (χ0v) is 17.8. The smallest absolute Gasteiger partial charge is 0.240 e. The van der Waals surface area contributed by atoms with E-state index >= 15 is 0 Å². The molecule has 6 heteroatoms. The number of sulfonamides is 1. The van der Waals surface area contributed by atoms with Gasteiger partial charge in [-0.15, -0.1) is 0 Å². The van der Waals surface area contributed by atoms with E-state index in [-0.39, 0.29) is 11.4 Å². The van der Waals surface area contributed by atoms with Crippen molar-refractivity contribution in [2.75, 3.05) is 18.0 Å². The first kappa shape index (κ1) is 20.0. The third-order valence-electron chi connectivity index (χ3n) is 5.24. The summed E-state index contributed by atoms with van der Waals surface area (Å²) in [5, 5.41) is 0.674. The molecule has 0 saturated heterocycles. The van der Waals surface area contributed by atoms with Gasteiger partial charge >= 0.3 is 0 Å². The molecule has 4 nitrogen and oxygen atoms in total. The van der Waals surface area contributed by atoms with E-state index < -0.39 is 10.0 Å². The van der Waals surface area contributed by atoms with Gasteiger partial charge in [-0.25, -0.2) is 13.1 Å². The van der Waals surface area contributed by atoms with Gasteiger partial charge in [0.1, 0.15) is 0 Å². The Morgan fingerprint density at radius 2 is 1.62 bits per heavy atom. The highest BCUT2D eigenvalue weighted by Gasteiger charge is 2.21. The second-order valence-corrected chi connectivity index (χ2v) is 9.47. The van der Waals surface area contributed by atoms with Crippen LogP contribution in [-0.4, -0.2) is 21.5 Å². The van der Waals surface area contributed by atoms with Crippen molar-refractivity contribution in [2.45, 2.75) is 24.7 Å². The van der Waals surface area contributed by atoms with Crippen molar-refractivity contribution in [3.63, 3.8) is 0 Å². The molecule has 0 aromatic heterocycles. The summed E-state index contributed by atoms with van der Waals surface area (Å²) < 4.78 is 28.0. The number of halogens is 1. The molecule has 4 rings (SSSR count). The van der Waals surface area contributed by atoms with E-state index in [1.165, 1.54) is 11.1 Å². The molecule has 29 heavy (non-hydrogen) atoms. The van der Waals surface area contributed by atoms with Gasteiger partial charge in [0.25, 0.3) is 0 Å². The number of aryl methyl sites for hydroxylation is 3. The van der Waals surface area contributed by atoms with Gasteiger partial charge in [-0.3, -0.25) is 0 Å². The minimum atomic E-state index is -3.55. The summed E-state index contributed by atoms with van der Waals surface area (Å²) in [6.07, 6.45) is 1.87. The summed E-state index contributed by atoms with van der Waals surface area (Å²) in [7, 11) is -3.55. The Balaban J connectivity index is 1.59. The van der Waals surface area contributed by atoms with Gasteiger partial charge in [0.05, 0.1) is 4.90 Å². The third kappa shape index (κ3) is 4.32. The van der Waals surface area contributed by atoms with Crippen LogP contribution in [0.4, 0.5) is 11.4 Å². The van der Waals surface area contributed by atoms with Crippen molar-refractivity contribution in [3.8, 4) is 0 Å². The molecule has 0 fully saturated rings. The monoisotopic (exact) mass is 426 g/mol. The minimum absolute atomic E-state index is 0.280. The van der Waals surface area contributed by atoms with E-state index in [1.54, 1.807) is 24.3 Å². The number of hydrogen-bond donors (Lipinski definition) is 1. The quantitative estimate of drug-likeness (QED) is 0.633. The molecular formula is C23H23ClN2O2S. The molecule has 0 aliphatic carbocycles. The average Bonchev–Trinajstić information content (AvgIpc) is 2.85. The van der Waals surface area contributed by atoms with Gasteiger partial charge in [-0.1, -0.05) is 53.6 Å². The van der Waals surface area contributed by atoms with Crippen LogP contribution in [0.3, 0.4) is 0 Å². The van der Waals surface area contributed by atoms with Crippen LogP contribution in [0.25, 0.3) is 0 Å². The zero-order valence-electron chi connectivity index (χ0n) is 16.2. The standard InChI is InChI=1S/C23H23ClN2O2S/c1-17-6-12-21(13-7-17)29(27,28)25-14-15-26-22-5-3-2-4-18(22)8-9-19-10-11-20(24)16-23(19)26/h2-7,10-13,16,25H,8-9,14-15H2,1H3. The number of anilines is 2. The fourth-order valence-electron chi connectivity index (χ4n) is 3.72. The largest absolute Gasteiger partial charge is 0.340 e. The molecule has 0 saturated carbocycles. The van der Waals surface area contributed by atoms with Crippen LogP contribution in [0.15, 0.2) is 71.6 Å². The van der Waals surface area contributed by atoms with Gasteiger partial charge in [-0.2, -0.15) is 0 Å². The SMILES string of the molecule is Cc1ccc(S(=O)(=O)NCCN2c3ccccc3CCc3ccc(Cl)cc32)cc1. The predicted octanol–water partition coefficient (Wildman–Crippen LogP) is 4.86. The minimum Gasteiger partial charge on any atom is -0.340 e. The molecule has 1 heterocycles. The lowest BCUT2D eigenvalue weighted by Crippen LogP contribution is -2.33. The molecule has 1 N–H and O–H groups in total. The van der Waals surface area contributed by atoms with Crippen molar-refractivity contribution in [1.29, 1.82) is 0 Å². The second-order valence-electron chi connectivity index (χ2n) is 7.26. The Labute approximate surface area is 177 Å². The lowest BCUT2D eigenvalue weighted by molar-refractivity contribution is 0.582. The molecule has 3 aromatic rings. The van der Waals surface area contributed by atoms with E-state index in [0.717, 1.165) is 29.8 Å². The topological polar surface area (TPSA) is 49.4 Å². The highest BCUT2D eigenvalue weighted by atomic mass is 35.5. The maximum atomic E-state index is 12.6. The summed E-state index contributed by atoms with van der Waals surface area (Å²) in [6.45, 7) is 2.73. The van der Waals surface area contributed by atoms with Gasteiger partial charge in [0.15, 0.2) is 0 Å². The van der Waals surface area contributed by atoms with Crippen LogP contribution in [0.5, 0.6) is 0 Å². The fourth-order valence-corrected chi connectivity index (χ4v) is 4.91. The average molecular weight is 427 g/mol. The van der Waals surface area contributed by atoms with Crippen LogP contribution in [0.2, 0.25) is 5.02 Å². The number of hydrogen-bond acceptors (Lipinski definition) is 3. The van der Waals surface area contributed by atoms with Crippen LogP contribution in [-0.2, 0) is 22.9 Å². The molecule has 3 aromatic carbocycles. The molecular weight excluding hydrogens is 404 g/mol. The summed E-state index contributed by atoms with van der Waals surface area (Å²) in [6, 6.07) is 21.1. The summed E-state index contributed by atoms with van der Waals surface area (Å²) in [5.74, 6) is 0. The van der Waals surface area contributed by atoms with E-state index in [9.17, 15) is 8.42 Å². The predicted molar refractivity (Wildman–Crippen MR) is 119 cm³/mol. The summed E-state index contributed by atoms with van der Waals surface area (Å²) >= 11 is 6.28. The van der Waals surface area contributed by atoms with Crippen LogP contribution in [0.1, 0.15) is 16.7 Å². The normalized spacial score (nSPS) is 13.5. The van der Waals surface area contributed by atoms with Gasteiger partial charge in [0, 0.05) is 29.5 Å². The first-order chi connectivity index (χ1) is 13.9. The molecule has 0 unspecified atom stereocenters. The van der Waals surface area contributed by atoms with Crippen molar-refractivity contribution in [3.05, 3.63) is 88.4 Å². The van der Waals surface area contributed by atoms with Crippen molar-refractivity contribution in [2.24, 2.45) is 0 Å². The fraction of sp³-hybridized carbons (Fsp3) is 0.217. The Morgan fingerprint density at radius 3 is 2.38 bits per heavy atom. The zero-order chi connectivity index (χ0) is 20.4. The molecule has 0 radical (unpaired) electrons. The van der Waals surface area contributed by atoms with Crippen molar-refractivity contribution >= 4 is 33.0 Å². The summed E-state index contributed by atoms with van der Waals surface area (Å²) in [5.41, 5.74) is 5.63. The summed E-state index contributed by atoms with van der Waals surface area (Å²) in [4.78, 5) is 2.45. The number of nitrogens with zero attached hydrogens (tertiary/aromatic N) is 1. The Kier molecular flexibility index (Phi) is 5.63. The number of nitrogens with one attached hydrogen (secondary N) is 1. The Bertz CT molecular complexity index is 1130. The molecule has 150 valence electrons. The van der Waals surface area contributed by atoms with E-state index in [2.05, 4.69) is 27.8 Å². The van der Waals surface area contributed by atoms with Gasteiger partial charge < -0.3 is 4.90 Å². The third-order valence-corrected chi connectivity index (χ3v) is 6.96. The second kappa shape index (κ2) is 8.19. The van der Waals surface area contributed by atoms with Crippen LogP contribution < -0.4 is 9.62 Å². The van der Waals surface area contributed by atoms with Gasteiger partial charge in [0.2, 0.25) is 10.0 Å². The van der Waals surface area contributed by atoms with E-state index in [4.69, 9.17) is 11.6 Å². The van der Waals surface area contributed by atoms with E-state index in [1.807, 2.05) is 31.2 Å². The highest BCUT2D eigenvalue weighted by molar-refractivity contribution is 7.89. The van der Waals surface area contributed by atoms with E-state index in [0.29, 0.717) is 11.6 Å². The lowest BCUT2D eigenvalue weighted by atomic mass is 10.0. The Hall–Kier alpha value is -2.34. The molecule has 1 aliphatic rings. The molecule has 0 atom stereocenters. The van der Waals surface area contributed by atoms with Crippen molar-refractivity contribution in [1.82, 2.24) is 4.72 Å². The molecule has 0 bridgehead atoms. The number of fused-ring (bicyclic) bond motifs is 2.